The zero-order chi connectivity index (χ0) is 12.3. The summed E-state index contributed by atoms with van der Waals surface area (Å²) in [5.74, 6) is 0. The Morgan fingerprint density at radius 3 is 2.94 bits per heavy atom. The number of hydrogen-bond acceptors (Lipinski definition) is 2. The summed E-state index contributed by atoms with van der Waals surface area (Å²) in [5, 5.41) is 3.31. The third kappa shape index (κ3) is 2.90. The SMILES string of the molecule is CNCC1CCCN1C(C)c1ccccc1Br. The zero-order valence-electron chi connectivity index (χ0n) is 10.6. The van der Waals surface area contributed by atoms with Gasteiger partial charge in [-0.25, -0.2) is 0 Å². The van der Waals surface area contributed by atoms with Crippen LogP contribution in [0.25, 0.3) is 0 Å². The van der Waals surface area contributed by atoms with E-state index in [1.165, 1.54) is 29.4 Å². The average molecular weight is 297 g/mol. The molecule has 2 unspecified atom stereocenters. The van der Waals surface area contributed by atoms with Gasteiger partial charge in [-0.2, -0.15) is 0 Å². The molecule has 0 aromatic heterocycles. The molecule has 0 bridgehead atoms. The van der Waals surface area contributed by atoms with E-state index in [0.29, 0.717) is 12.1 Å². The quantitative estimate of drug-likeness (QED) is 0.918. The van der Waals surface area contributed by atoms with E-state index in [2.05, 4.69) is 57.3 Å². The standard InChI is InChI=1S/C14H21BrN2/c1-11(13-7-3-4-8-14(13)15)17-9-5-6-12(17)10-16-2/h3-4,7-8,11-12,16H,5-6,9-10H2,1-2H3. The number of nitrogens with zero attached hydrogens (tertiary/aromatic N) is 1. The van der Waals surface area contributed by atoms with Gasteiger partial charge >= 0.3 is 0 Å². The minimum atomic E-state index is 0.492. The monoisotopic (exact) mass is 296 g/mol. The largest absolute Gasteiger partial charge is 0.318 e. The van der Waals surface area contributed by atoms with Crippen LogP contribution in [0.1, 0.15) is 31.4 Å². The second-order valence-corrected chi connectivity index (χ2v) is 5.64. The molecule has 2 atom stereocenters. The summed E-state index contributed by atoms with van der Waals surface area (Å²) >= 11 is 3.66. The molecule has 1 fully saturated rings. The Bertz CT molecular complexity index is 367. The molecular weight excluding hydrogens is 276 g/mol. The van der Waals surface area contributed by atoms with Crippen LogP contribution in [-0.4, -0.2) is 31.1 Å². The molecule has 94 valence electrons. The molecule has 0 spiro atoms. The van der Waals surface area contributed by atoms with Crippen molar-refractivity contribution >= 4 is 15.9 Å². The first-order chi connectivity index (χ1) is 8.24. The molecule has 0 saturated carbocycles. The maximum atomic E-state index is 3.66. The van der Waals surface area contributed by atoms with Gasteiger partial charge in [-0.3, -0.25) is 4.90 Å². The van der Waals surface area contributed by atoms with Crippen LogP contribution < -0.4 is 5.32 Å². The predicted molar refractivity (Wildman–Crippen MR) is 76.2 cm³/mol. The summed E-state index contributed by atoms with van der Waals surface area (Å²) in [6, 6.07) is 9.74. The highest BCUT2D eigenvalue weighted by atomic mass is 79.9. The number of benzene rings is 1. The van der Waals surface area contributed by atoms with Crippen LogP contribution in [0.2, 0.25) is 0 Å². The lowest BCUT2D eigenvalue weighted by Crippen LogP contribution is -2.38. The Morgan fingerprint density at radius 1 is 1.47 bits per heavy atom. The van der Waals surface area contributed by atoms with Crippen molar-refractivity contribution in [3.05, 3.63) is 34.3 Å². The van der Waals surface area contributed by atoms with Crippen LogP contribution >= 0.6 is 15.9 Å². The summed E-state index contributed by atoms with van der Waals surface area (Å²) < 4.78 is 1.22. The molecule has 1 heterocycles. The molecule has 1 aromatic carbocycles. The van der Waals surface area contributed by atoms with Crippen LogP contribution in [0.3, 0.4) is 0 Å². The normalized spacial score (nSPS) is 22.9. The second kappa shape index (κ2) is 5.98. The summed E-state index contributed by atoms with van der Waals surface area (Å²) in [4.78, 5) is 2.62. The molecule has 17 heavy (non-hydrogen) atoms. The molecule has 0 aliphatic carbocycles. The van der Waals surface area contributed by atoms with Gasteiger partial charge in [-0.1, -0.05) is 34.1 Å². The van der Waals surface area contributed by atoms with E-state index in [1.807, 2.05) is 7.05 Å². The molecule has 1 aromatic rings. The highest BCUT2D eigenvalue weighted by Crippen LogP contribution is 2.32. The van der Waals surface area contributed by atoms with Crippen molar-refractivity contribution in [2.24, 2.45) is 0 Å². The maximum absolute atomic E-state index is 3.66. The van der Waals surface area contributed by atoms with Crippen molar-refractivity contribution < 1.29 is 0 Å². The summed E-state index contributed by atoms with van der Waals surface area (Å²) in [7, 11) is 2.04. The summed E-state index contributed by atoms with van der Waals surface area (Å²) in [6.45, 7) is 4.62. The van der Waals surface area contributed by atoms with Crippen LogP contribution in [0.15, 0.2) is 28.7 Å². The van der Waals surface area contributed by atoms with Gasteiger partial charge in [0.15, 0.2) is 0 Å². The van der Waals surface area contributed by atoms with Crippen LogP contribution in [0, 0.1) is 0 Å². The Kier molecular flexibility index (Phi) is 4.60. The zero-order valence-corrected chi connectivity index (χ0v) is 12.2. The minimum absolute atomic E-state index is 0.492. The smallest absolute Gasteiger partial charge is 0.0334 e. The van der Waals surface area contributed by atoms with Crippen LogP contribution in [0.5, 0.6) is 0 Å². The van der Waals surface area contributed by atoms with E-state index in [9.17, 15) is 0 Å². The topological polar surface area (TPSA) is 15.3 Å². The van der Waals surface area contributed by atoms with Gasteiger partial charge in [0.2, 0.25) is 0 Å². The van der Waals surface area contributed by atoms with Gasteiger partial charge in [0.1, 0.15) is 0 Å². The lowest BCUT2D eigenvalue weighted by atomic mass is 10.1. The Morgan fingerprint density at radius 2 is 2.24 bits per heavy atom. The molecule has 1 saturated heterocycles. The van der Waals surface area contributed by atoms with Crippen molar-refractivity contribution in [1.29, 1.82) is 0 Å². The van der Waals surface area contributed by atoms with Gasteiger partial charge in [-0.15, -0.1) is 0 Å². The number of likely N-dealkylation sites (tertiary alicyclic amines) is 1. The first-order valence-corrected chi connectivity index (χ1v) is 7.18. The van der Waals surface area contributed by atoms with Gasteiger partial charge in [0.05, 0.1) is 0 Å². The van der Waals surface area contributed by atoms with Crippen LogP contribution in [-0.2, 0) is 0 Å². The molecule has 3 heteroatoms. The molecule has 2 nitrogen and oxygen atoms in total. The molecule has 1 N–H and O–H groups in total. The average Bonchev–Trinajstić information content (AvgIpc) is 2.78. The Labute approximate surface area is 113 Å². The predicted octanol–water partition coefficient (Wildman–Crippen LogP) is 3.19. The molecule has 1 aliphatic heterocycles. The fraction of sp³-hybridized carbons (Fsp3) is 0.571. The number of hydrogen-bond donors (Lipinski definition) is 1. The summed E-state index contributed by atoms with van der Waals surface area (Å²) in [5.41, 5.74) is 1.40. The van der Waals surface area contributed by atoms with Crippen molar-refractivity contribution in [2.75, 3.05) is 20.1 Å². The number of halogens is 1. The number of rotatable bonds is 4. The molecule has 0 amide bonds. The Hall–Kier alpha value is -0.380. The molecule has 0 radical (unpaired) electrons. The van der Waals surface area contributed by atoms with E-state index in [1.54, 1.807) is 0 Å². The molecule has 1 aliphatic rings. The van der Waals surface area contributed by atoms with Gasteiger partial charge in [0, 0.05) is 23.1 Å². The number of likely N-dealkylation sites (N-methyl/N-ethyl adjacent to an activating group) is 1. The minimum Gasteiger partial charge on any atom is -0.318 e. The third-order valence-corrected chi connectivity index (χ3v) is 4.44. The first kappa shape index (κ1) is 13.1. The van der Waals surface area contributed by atoms with Gasteiger partial charge < -0.3 is 5.32 Å². The lowest BCUT2D eigenvalue weighted by Gasteiger charge is -2.31. The molecular formula is C14H21BrN2. The van der Waals surface area contributed by atoms with Crippen molar-refractivity contribution in [2.45, 2.75) is 31.8 Å². The van der Waals surface area contributed by atoms with E-state index in [4.69, 9.17) is 0 Å². The first-order valence-electron chi connectivity index (χ1n) is 6.39. The highest BCUT2D eigenvalue weighted by Gasteiger charge is 2.29. The second-order valence-electron chi connectivity index (χ2n) is 4.79. The van der Waals surface area contributed by atoms with E-state index in [0.717, 1.165) is 6.54 Å². The highest BCUT2D eigenvalue weighted by molar-refractivity contribution is 9.10. The van der Waals surface area contributed by atoms with Gasteiger partial charge in [-0.05, 0) is 45.0 Å². The fourth-order valence-corrected chi connectivity index (χ4v) is 3.43. The van der Waals surface area contributed by atoms with Gasteiger partial charge in [0.25, 0.3) is 0 Å². The maximum Gasteiger partial charge on any atom is 0.0334 e. The van der Waals surface area contributed by atoms with Crippen molar-refractivity contribution in [3.63, 3.8) is 0 Å². The van der Waals surface area contributed by atoms with E-state index < -0.39 is 0 Å². The fourth-order valence-electron chi connectivity index (χ4n) is 2.82. The van der Waals surface area contributed by atoms with E-state index >= 15 is 0 Å². The number of nitrogens with one attached hydrogen (secondary N) is 1. The Balaban J connectivity index is 2.14. The molecule has 2 rings (SSSR count). The lowest BCUT2D eigenvalue weighted by molar-refractivity contribution is 0.190. The summed E-state index contributed by atoms with van der Waals surface area (Å²) in [6.07, 6.45) is 2.64. The third-order valence-electron chi connectivity index (χ3n) is 3.72. The van der Waals surface area contributed by atoms with Crippen LogP contribution in [0.4, 0.5) is 0 Å². The van der Waals surface area contributed by atoms with Crippen molar-refractivity contribution in [1.82, 2.24) is 10.2 Å². The van der Waals surface area contributed by atoms with Crippen molar-refractivity contribution in [3.8, 4) is 0 Å². The van der Waals surface area contributed by atoms with E-state index in [-0.39, 0.29) is 0 Å².